The Morgan fingerprint density at radius 3 is 1.76 bits per heavy atom. The van der Waals surface area contributed by atoms with Gasteiger partial charge >= 0.3 is 0 Å². The molecule has 0 spiro atoms. The predicted molar refractivity (Wildman–Crippen MR) is 161 cm³/mol. The fraction of sp³-hybridized carbons (Fsp3) is 0.323. The fourth-order valence-corrected chi connectivity index (χ4v) is 4.26. The number of benzene rings is 3. The lowest BCUT2D eigenvalue weighted by molar-refractivity contribution is 0.0547. The summed E-state index contributed by atoms with van der Waals surface area (Å²) in [4.78, 5) is 13.7. The maximum Gasteiger partial charge on any atom is 0.229 e. The summed E-state index contributed by atoms with van der Waals surface area (Å²) in [5, 5.41) is 9.81. The molecule has 10 heteroatoms. The van der Waals surface area contributed by atoms with Crippen molar-refractivity contribution in [3.63, 3.8) is 0 Å². The topological polar surface area (TPSA) is 119 Å². The first-order valence-corrected chi connectivity index (χ1v) is 13.9. The Labute approximate surface area is 240 Å². The molecule has 0 aliphatic heterocycles. The van der Waals surface area contributed by atoms with Crippen molar-refractivity contribution < 1.29 is 13.9 Å². The lowest BCUT2D eigenvalue weighted by atomic mass is 9.88. The Hall–Kier alpha value is -4.12. The van der Waals surface area contributed by atoms with Gasteiger partial charge in [-0.05, 0) is 35.2 Å². The summed E-state index contributed by atoms with van der Waals surface area (Å²) in [7, 11) is 0. The van der Waals surface area contributed by atoms with E-state index in [1.807, 2.05) is 12.1 Å². The summed E-state index contributed by atoms with van der Waals surface area (Å²) in [6, 6.07) is 27.3. The van der Waals surface area contributed by atoms with Gasteiger partial charge < -0.3 is 31.2 Å². The van der Waals surface area contributed by atoms with Crippen LogP contribution in [0.15, 0.2) is 84.9 Å². The molecule has 216 valence electrons. The fourth-order valence-electron chi connectivity index (χ4n) is 4.26. The molecule has 0 amide bonds. The number of aromatic nitrogens is 3. The van der Waals surface area contributed by atoms with E-state index in [4.69, 9.17) is 15.2 Å². The molecular weight excluding hydrogens is 521 g/mol. The van der Waals surface area contributed by atoms with Crippen LogP contribution in [0.25, 0.3) is 0 Å². The molecule has 0 saturated heterocycles. The molecule has 0 unspecified atom stereocenters. The second-order valence-electron chi connectivity index (χ2n) is 9.32. The third-order valence-electron chi connectivity index (χ3n) is 6.28. The van der Waals surface area contributed by atoms with E-state index in [2.05, 4.69) is 79.4 Å². The number of rotatable bonds is 18. The number of halogens is 1. The van der Waals surface area contributed by atoms with Crippen molar-refractivity contribution in [1.29, 1.82) is 0 Å². The van der Waals surface area contributed by atoms with E-state index in [1.54, 1.807) is 12.1 Å². The van der Waals surface area contributed by atoms with Gasteiger partial charge in [0.1, 0.15) is 5.82 Å². The third kappa shape index (κ3) is 10.4. The Morgan fingerprint density at radius 2 is 1.17 bits per heavy atom. The van der Waals surface area contributed by atoms with Crippen LogP contribution < -0.4 is 21.7 Å². The molecule has 0 atom stereocenters. The minimum Gasteiger partial charge on any atom is -0.378 e. The van der Waals surface area contributed by atoms with Crippen LogP contribution >= 0.6 is 0 Å². The maximum atomic E-state index is 13.3. The molecule has 4 rings (SSSR count). The van der Waals surface area contributed by atoms with Crippen LogP contribution in [0.3, 0.4) is 0 Å². The van der Waals surface area contributed by atoms with Gasteiger partial charge in [0.25, 0.3) is 0 Å². The van der Waals surface area contributed by atoms with E-state index in [9.17, 15) is 4.39 Å². The van der Waals surface area contributed by atoms with Crippen LogP contribution in [0.4, 0.5) is 22.2 Å². The number of anilines is 3. The molecule has 0 radical (unpaired) electrons. The molecular formula is C31H38FN7O2. The first-order chi connectivity index (χ1) is 20.2. The van der Waals surface area contributed by atoms with Gasteiger partial charge in [-0.3, -0.25) is 0 Å². The first-order valence-electron chi connectivity index (χ1n) is 13.9. The van der Waals surface area contributed by atoms with Crippen molar-refractivity contribution in [2.24, 2.45) is 5.73 Å². The van der Waals surface area contributed by atoms with Gasteiger partial charge in [0.05, 0.1) is 26.4 Å². The van der Waals surface area contributed by atoms with Gasteiger partial charge in [0.15, 0.2) is 0 Å². The van der Waals surface area contributed by atoms with Gasteiger partial charge in [-0.15, -0.1) is 0 Å². The smallest absolute Gasteiger partial charge is 0.229 e. The quantitative estimate of drug-likeness (QED) is 0.129. The molecule has 4 aromatic rings. The zero-order chi connectivity index (χ0) is 28.5. The van der Waals surface area contributed by atoms with E-state index in [0.717, 1.165) is 12.0 Å². The van der Waals surface area contributed by atoms with E-state index in [-0.39, 0.29) is 11.7 Å². The van der Waals surface area contributed by atoms with E-state index >= 15 is 0 Å². The van der Waals surface area contributed by atoms with Crippen molar-refractivity contribution >= 4 is 17.8 Å². The molecule has 0 aliphatic rings. The molecule has 9 nitrogen and oxygen atoms in total. The molecule has 41 heavy (non-hydrogen) atoms. The van der Waals surface area contributed by atoms with Gasteiger partial charge in [0.2, 0.25) is 17.8 Å². The van der Waals surface area contributed by atoms with E-state index in [0.29, 0.717) is 70.5 Å². The molecule has 5 N–H and O–H groups in total. The highest BCUT2D eigenvalue weighted by atomic mass is 19.1. The molecule has 0 fully saturated rings. The van der Waals surface area contributed by atoms with Crippen molar-refractivity contribution in [3.8, 4) is 0 Å². The number of hydrogen-bond donors (Lipinski definition) is 4. The van der Waals surface area contributed by atoms with Crippen LogP contribution in [0.1, 0.15) is 29.0 Å². The lowest BCUT2D eigenvalue weighted by Gasteiger charge is -2.19. The van der Waals surface area contributed by atoms with Crippen LogP contribution in [0, 0.1) is 5.82 Å². The zero-order valence-electron chi connectivity index (χ0n) is 23.1. The summed E-state index contributed by atoms with van der Waals surface area (Å²) in [6.07, 6.45) is 0.848. The van der Waals surface area contributed by atoms with Crippen molar-refractivity contribution in [2.75, 3.05) is 62.0 Å². The normalized spacial score (nSPS) is 11.0. The van der Waals surface area contributed by atoms with Crippen LogP contribution in [0.2, 0.25) is 0 Å². The maximum absolute atomic E-state index is 13.3. The second kappa shape index (κ2) is 16.9. The van der Waals surface area contributed by atoms with Crippen molar-refractivity contribution in [1.82, 2.24) is 15.0 Å². The largest absolute Gasteiger partial charge is 0.378 e. The molecule has 1 aromatic heterocycles. The monoisotopic (exact) mass is 559 g/mol. The minimum absolute atomic E-state index is 0.228. The first kappa shape index (κ1) is 29.9. The molecule has 3 aromatic carbocycles. The zero-order valence-corrected chi connectivity index (χ0v) is 23.1. The number of nitrogens with two attached hydrogens (primary N) is 1. The lowest BCUT2D eigenvalue weighted by Crippen LogP contribution is -2.17. The van der Waals surface area contributed by atoms with Gasteiger partial charge in [-0.25, -0.2) is 4.39 Å². The number of nitrogens with one attached hydrogen (secondary N) is 3. The van der Waals surface area contributed by atoms with E-state index < -0.39 is 0 Å². The highest BCUT2D eigenvalue weighted by Gasteiger charge is 2.14. The number of nitrogens with zero attached hydrogens (tertiary/aromatic N) is 3. The Balaban J connectivity index is 1.39. The summed E-state index contributed by atoms with van der Waals surface area (Å²) >= 11 is 0. The average molecular weight is 560 g/mol. The Morgan fingerprint density at radius 1 is 0.634 bits per heavy atom. The highest BCUT2D eigenvalue weighted by Crippen LogP contribution is 2.27. The predicted octanol–water partition coefficient (Wildman–Crippen LogP) is 4.66. The number of ether oxygens (including phenoxy) is 2. The molecule has 0 aliphatic carbocycles. The van der Waals surface area contributed by atoms with Crippen LogP contribution in [-0.2, 0) is 16.0 Å². The van der Waals surface area contributed by atoms with Gasteiger partial charge in [-0.2, -0.15) is 15.0 Å². The SMILES string of the molecule is NCCOCCOCCNc1nc(NCCC(c2ccccc2)c2ccccc2)nc(NCc2ccc(F)cc2)n1. The van der Waals surface area contributed by atoms with Crippen molar-refractivity contribution in [3.05, 3.63) is 107 Å². The number of hydrogen-bond acceptors (Lipinski definition) is 9. The van der Waals surface area contributed by atoms with Gasteiger partial charge in [0, 0.05) is 32.1 Å². The van der Waals surface area contributed by atoms with Crippen LogP contribution in [-0.4, -0.2) is 61.0 Å². The average Bonchev–Trinajstić information content (AvgIpc) is 3.01. The van der Waals surface area contributed by atoms with Crippen molar-refractivity contribution in [2.45, 2.75) is 18.9 Å². The highest BCUT2D eigenvalue weighted by molar-refractivity contribution is 5.43. The standard InChI is InChI=1S/C31H38FN7O2/c32-27-13-11-24(12-14-27)23-36-31-38-29(37-30(39-31)35-18-20-41-22-21-40-19-16-33)34-17-15-28(25-7-3-1-4-8-25)26-9-5-2-6-10-26/h1-14,28H,15-23,33H2,(H3,34,35,36,37,38,39). The summed E-state index contributed by atoms with van der Waals surface area (Å²) in [5.74, 6) is 1.25. The van der Waals surface area contributed by atoms with Gasteiger partial charge in [-0.1, -0.05) is 72.8 Å². The molecule has 0 saturated carbocycles. The summed E-state index contributed by atoms with van der Waals surface area (Å²) in [5.41, 5.74) is 8.85. The second-order valence-corrected chi connectivity index (χ2v) is 9.32. The van der Waals surface area contributed by atoms with Crippen LogP contribution in [0.5, 0.6) is 0 Å². The Kier molecular flexibility index (Phi) is 12.3. The summed E-state index contributed by atoms with van der Waals surface area (Å²) < 4.78 is 24.2. The summed E-state index contributed by atoms with van der Waals surface area (Å²) in [6.45, 7) is 4.08. The molecule has 1 heterocycles. The molecule has 0 bridgehead atoms. The minimum atomic E-state index is -0.274. The Bertz CT molecular complexity index is 1240. The third-order valence-corrected chi connectivity index (χ3v) is 6.28. The van der Waals surface area contributed by atoms with E-state index in [1.165, 1.54) is 23.3 Å².